The van der Waals surface area contributed by atoms with E-state index in [1.807, 2.05) is 13.8 Å². The summed E-state index contributed by atoms with van der Waals surface area (Å²) in [6.45, 7) is 5.14. The first-order valence-corrected chi connectivity index (χ1v) is 3.80. The van der Waals surface area contributed by atoms with Crippen molar-refractivity contribution in [2.75, 3.05) is 7.11 Å². The fraction of sp³-hybridized carbons (Fsp3) is 0.556. The lowest BCUT2D eigenvalue weighted by Gasteiger charge is -2.02. The molecule has 0 bridgehead atoms. The van der Waals surface area contributed by atoms with E-state index in [0.717, 1.165) is 0 Å². The SMILES string of the molecule is COC(=O)C(=CC(C)C)C(C)=O. The maximum atomic E-state index is 11.0. The molecule has 0 aliphatic heterocycles. The van der Waals surface area contributed by atoms with Crippen LogP contribution in [0.25, 0.3) is 0 Å². The second kappa shape index (κ2) is 4.70. The van der Waals surface area contributed by atoms with Crippen molar-refractivity contribution in [2.45, 2.75) is 20.8 Å². The Morgan fingerprint density at radius 1 is 1.33 bits per heavy atom. The lowest BCUT2D eigenvalue weighted by atomic mass is 10.1. The van der Waals surface area contributed by atoms with E-state index in [9.17, 15) is 9.59 Å². The predicted molar refractivity (Wildman–Crippen MR) is 45.6 cm³/mol. The van der Waals surface area contributed by atoms with Gasteiger partial charge in [-0.25, -0.2) is 4.79 Å². The largest absolute Gasteiger partial charge is 0.465 e. The highest BCUT2D eigenvalue weighted by Crippen LogP contribution is 2.05. The molecule has 3 heteroatoms. The molecule has 0 aliphatic carbocycles. The molecule has 3 nitrogen and oxygen atoms in total. The third-order valence-electron chi connectivity index (χ3n) is 1.28. The Balaban J connectivity index is 4.67. The lowest BCUT2D eigenvalue weighted by Crippen LogP contribution is -2.12. The van der Waals surface area contributed by atoms with Crippen LogP contribution < -0.4 is 0 Å². The topological polar surface area (TPSA) is 43.4 Å². The quantitative estimate of drug-likeness (QED) is 0.278. The molecule has 0 rings (SSSR count). The molecule has 0 aromatic carbocycles. The van der Waals surface area contributed by atoms with E-state index in [0.29, 0.717) is 0 Å². The highest BCUT2D eigenvalue weighted by atomic mass is 16.5. The van der Waals surface area contributed by atoms with Crippen LogP contribution in [0.15, 0.2) is 11.6 Å². The van der Waals surface area contributed by atoms with Crippen molar-refractivity contribution in [2.24, 2.45) is 5.92 Å². The van der Waals surface area contributed by atoms with Gasteiger partial charge in [-0.2, -0.15) is 0 Å². The molecule has 0 saturated carbocycles. The van der Waals surface area contributed by atoms with Gasteiger partial charge in [0.15, 0.2) is 5.78 Å². The molecule has 68 valence electrons. The Bertz CT molecular complexity index is 214. The second-order valence-electron chi connectivity index (χ2n) is 2.87. The number of methoxy groups -OCH3 is 1. The standard InChI is InChI=1S/C9H14O3/c1-6(2)5-8(7(3)10)9(11)12-4/h5-6H,1-4H3. The van der Waals surface area contributed by atoms with Crippen LogP contribution in [0.3, 0.4) is 0 Å². The van der Waals surface area contributed by atoms with Crippen LogP contribution in [0.2, 0.25) is 0 Å². The molecule has 0 aliphatic rings. The Labute approximate surface area is 72.4 Å². The Morgan fingerprint density at radius 3 is 2.08 bits per heavy atom. The molecule has 0 spiro atoms. The Hall–Kier alpha value is -1.12. The van der Waals surface area contributed by atoms with Crippen LogP contribution in [0.1, 0.15) is 20.8 Å². The smallest absolute Gasteiger partial charge is 0.341 e. The third-order valence-corrected chi connectivity index (χ3v) is 1.28. The minimum atomic E-state index is -0.559. The van der Waals surface area contributed by atoms with Gasteiger partial charge in [-0.3, -0.25) is 4.79 Å². The van der Waals surface area contributed by atoms with E-state index in [1.165, 1.54) is 14.0 Å². The molecule has 0 radical (unpaired) electrons. The number of hydrogen-bond donors (Lipinski definition) is 0. The van der Waals surface area contributed by atoms with Crippen molar-refractivity contribution in [1.29, 1.82) is 0 Å². The fourth-order valence-corrected chi connectivity index (χ4v) is 0.772. The van der Waals surface area contributed by atoms with Gasteiger partial charge in [-0.05, 0) is 12.8 Å². The molecular weight excluding hydrogens is 156 g/mol. The lowest BCUT2D eigenvalue weighted by molar-refractivity contribution is -0.137. The van der Waals surface area contributed by atoms with Gasteiger partial charge < -0.3 is 4.74 Å². The molecule has 0 fully saturated rings. The maximum Gasteiger partial charge on any atom is 0.341 e. The highest BCUT2D eigenvalue weighted by molar-refractivity contribution is 6.16. The molecule has 0 N–H and O–H groups in total. The van der Waals surface area contributed by atoms with E-state index >= 15 is 0 Å². The summed E-state index contributed by atoms with van der Waals surface area (Å²) in [5, 5.41) is 0. The molecule has 0 saturated heterocycles. The number of rotatable bonds is 3. The first kappa shape index (κ1) is 10.9. The monoisotopic (exact) mass is 170 g/mol. The molecular formula is C9H14O3. The van der Waals surface area contributed by atoms with Crippen LogP contribution in [0, 0.1) is 5.92 Å². The van der Waals surface area contributed by atoms with Crippen molar-refractivity contribution in [1.82, 2.24) is 0 Å². The summed E-state index contributed by atoms with van der Waals surface area (Å²) in [6, 6.07) is 0. The predicted octanol–water partition coefficient (Wildman–Crippen LogP) is 1.33. The van der Waals surface area contributed by atoms with Gasteiger partial charge in [-0.15, -0.1) is 0 Å². The van der Waals surface area contributed by atoms with E-state index in [1.54, 1.807) is 6.08 Å². The molecule has 0 heterocycles. The molecule has 0 amide bonds. The minimum Gasteiger partial charge on any atom is -0.465 e. The average Bonchev–Trinajstić information content (AvgIpc) is 1.98. The summed E-state index contributed by atoms with van der Waals surface area (Å²) in [4.78, 5) is 21.9. The number of allylic oxidation sites excluding steroid dienone is 1. The van der Waals surface area contributed by atoms with Gasteiger partial charge in [0.2, 0.25) is 0 Å². The number of esters is 1. The summed E-state index contributed by atoms with van der Waals surface area (Å²) in [5.74, 6) is -0.644. The van der Waals surface area contributed by atoms with Gasteiger partial charge in [0.05, 0.1) is 12.7 Å². The van der Waals surface area contributed by atoms with Crippen LogP contribution in [0.4, 0.5) is 0 Å². The first-order chi connectivity index (χ1) is 5.49. The van der Waals surface area contributed by atoms with Crippen LogP contribution >= 0.6 is 0 Å². The van der Waals surface area contributed by atoms with Crippen LogP contribution in [0.5, 0.6) is 0 Å². The summed E-state index contributed by atoms with van der Waals surface area (Å²) in [5.41, 5.74) is 0.132. The van der Waals surface area contributed by atoms with E-state index < -0.39 is 5.97 Å². The minimum absolute atomic E-state index is 0.132. The Kier molecular flexibility index (Phi) is 4.26. The zero-order valence-corrected chi connectivity index (χ0v) is 7.88. The number of hydrogen-bond acceptors (Lipinski definition) is 3. The number of carbonyl (C=O) groups excluding carboxylic acids is 2. The zero-order valence-electron chi connectivity index (χ0n) is 7.88. The van der Waals surface area contributed by atoms with E-state index in [2.05, 4.69) is 4.74 Å². The molecule has 0 unspecified atom stereocenters. The van der Waals surface area contributed by atoms with Crippen molar-refractivity contribution in [3.63, 3.8) is 0 Å². The summed E-state index contributed by atoms with van der Waals surface area (Å²) in [7, 11) is 1.26. The summed E-state index contributed by atoms with van der Waals surface area (Å²) >= 11 is 0. The average molecular weight is 170 g/mol. The number of ketones is 1. The number of Topliss-reactive ketones (excluding diaryl/α,β-unsaturated/α-hetero) is 1. The molecule has 12 heavy (non-hydrogen) atoms. The first-order valence-electron chi connectivity index (χ1n) is 3.80. The van der Waals surface area contributed by atoms with Gasteiger partial charge in [0.1, 0.15) is 0 Å². The highest BCUT2D eigenvalue weighted by Gasteiger charge is 2.14. The summed E-state index contributed by atoms with van der Waals surface area (Å²) in [6.07, 6.45) is 1.61. The molecule has 0 atom stereocenters. The maximum absolute atomic E-state index is 11.0. The Morgan fingerprint density at radius 2 is 1.83 bits per heavy atom. The van der Waals surface area contributed by atoms with Gasteiger partial charge in [0.25, 0.3) is 0 Å². The zero-order chi connectivity index (χ0) is 9.72. The van der Waals surface area contributed by atoms with Gasteiger partial charge in [0, 0.05) is 0 Å². The van der Waals surface area contributed by atoms with E-state index in [4.69, 9.17) is 0 Å². The summed E-state index contributed by atoms with van der Waals surface area (Å²) < 4.78 is 4.45. The van der Waals surface area contributed by atoms with Crippen LogP contribution in [-0.2, 0) is 14.3 Å². The molecule has 0 aromatic heterocycles. The van der Waals surface area contributed by atoms with Crippen molar-refractivity contribution >= 4 is 11.8 Å². The second-order valence-corrected chi connectivity index (χ2v) is 2.87. The fourth-order valence-electron chi connectivity index (χ4n) is 0.772. The number of ether oxygens (including phenoxy) is 1. The van der Waals surface area contributed by atoms with Crippen LogP contribution in [-0.4, -0.2) is 18.9 Å². The normalized spacial score (nSPS) is 11.6. The van der Waals surface area contributed by atoms with Crippen molar-refractivity contribution < 1.29 is 14.3 Å². The van der Waals surface area contributed by atoms with E-state index in [-0.39, 0.29) is 17.3 Å². The number of carbonyl (C=O) groups is 2. The third kappa shape index (κ3) is 3.32. The van der Waals surface area contributed by atoms with Gasteiger partial charge >= 0.3 is 5.97 Å². The van der Waals surface area contributed by atoms with Crippen molar-refractivity contribution in [3.05, 3.63) is 11.6 Å². The van der Waals surface area contributed by atoms with Gasteiger partial charge in [-0.1, -0.05) is 19.9 Å². The molecule has 0 aromatic rings. The van der Waals surface area contributed by atoms with Crippen molar-refractivity contribution in [3.8, 4) is 0 Å².